The number of benzene rings is 1. The Labute approximate surface area is 83.8 Å². The van der Waals surface area contributed by atoms with Gasteiger partial charge in [-0.25, -0.2) is 4.39 Å². The molecular weight excluding hydrogens is 181 g/mol. The number of aliphatic hydroxyl groups is 1. The highest BCUT2D eigenvalue weighted by molar-refractivity contribution is 5.26. The molecule has 1 aromatic carbocycles. The van der Waals surface area contributed by atoms with E-state index in [4.69, 9.17) is 5.11 Å². The van der Waals surface area contributed by atoms with Gasteiger partial charge >= 0.3 is 0 Å². The Morgan fingerprint density at radius 2 is 2.21 bits per heavy atom. The van der Waals surface area contributed by atoms with E-state index in [2.05, 4.69) is 5.32 Å². The van der Waals surface area contributed by atoms with Gasteiger partial charge in [-0.15, -0.1) is 0 Å². The van der Waals surface area contributed by atoms with E-state index < -0.39 is 0 Å². The van der Waals surface area contributed by atoms with Crippen LogP contribution in [0.2, 0.25) is 0 Å². The molecule has 1 atom stereocenters. The van der Waals surface area contributed by atoms with Crippen LogP contribution in [0.15, 0.2) is 18.2 Å². The van der Waals surface area contributed by atoms with Gasteiger partial charge in [0.25, 0.3) is 0 Å². The first-order valence-electron chi connectivity index (χ1n) is 4.73. The maximum Gasteiger partial charge on any atom is 0.123 e. The minimum Gasteiger partial charge on any atom is -0.392 e. The van der Waals surface area contributed by atoms with Crippen molar-refractivity contribution < 1.29 is 9.50 Å². The highest BCUT2D eigenvalue weighted by Gasteiger charge is 2.00. The molecule has 3 heteroatoms. The number of aliphatic hydroxyl groups excluding tert-OH is 1. The summed E-state index contributed by atoms with van der Waals surface area (Å²) in [6.07, 6.45) is -0.371. The molecule has 0 saturated carbocycles. The van der Waals surface area contributed by atoms with E-state index in [1.807, 2.05) is 6.92 Å². The third-order valence-corrected chi connectivity index (χ3v) is 2.07. The second kappa shape index (κ2) is 5.08. The van der Waals surface area contributed by atoms with Crippen LogP contribution in [-0.2, 0) is 6.54 Å². The van der Waals surface area contributed by atoms with Crippen molar-refractivity contribution in [1.29, 1.82) is 0 Å². The fraction of sp³-hybridized carbons (Fsp3) is 0.455. The Hall–Kier alpha value is -0.930. The lowest BCUT2D eigenvalue weighted by molar-refractivity contribution is 0.191. The summed E-state index contributed by atoms with van der Waals surface area (Å²) in [5.74, 6) is -0.218. The van der Waals surface area contributed by atoms with Crippen molar-refractivity contribution in [3.8, 4) is 0 Å². The molecule has 0 radical (unpaired) electrons. The summed E-state index contributed by atoms with van der Waals surface area (Å²) in [6.45, 7) is 4.77. The van der Waals surface area contributed by atoms with Crippen molar-refractivity contribution in [2.75, 3.05) is 6.54 Å². The smallest absolute Gasteiger partial charge is 0.123 e. The molecule has 1 rings (SSSR count). The Morgan fingerprint density at radius 3 is 2.86 bits per heavy atom. The maximum atomic E-state index is 12.9. The number of hydrogen-bond acceptors (Lipinski definition) is 2. The Morgan fingerprint density at radius 1 is 1.50 bits per heavy atom. The molecule has 0 aromatic heterocycles. The Bertz CT molecular complexity index is 299. The molecule has 14 heavy (non-hydrogen) atoms. The molecule has 2 nitrogen and oxygen atoms in total. The van der Waals surface area contributed by atoms with Gasteiger partial charge in [0.15, 0.2) is 0 Å². The monoisotopic (exact) mass is 197 g/mol. The largest absolute Gasteiger partial charge is 0.392 e. The summed E-state index contributed by atoms with van der Waals surface area (Å²) in [5, 5.41) is 12.1. The van der Waals surface area contributed by atoms with Gasteiger partial charge in [-0.05, 0) is 37.1 Å². The molecule has 0 saturated heterocycles. The topological polar surface area (TPSA) is 32.3 Å². The van der Waals surface area contributed by atoms with E-state index >= 15 is 0 Å². The minimum atomic E-state index is -0.371. The second-order valence-electron chi connectivity index (χ2n) is 3.55. The Balaban J connectivity index is 2.53. The maximum absolute atomic E-state index is 12.9. The van der Waals surface area contributed by atoms with Gasteiger partial charge in [-0.1, -0.05) is 6.07 Å². The zero-order valence-electron chi connectivity index (χ0n) is 8.55. The second-order valence-corrected chi connectivity index (χ2v) is 3.55. The average molecular weight is 197 g/mol. The third-order valence-electron chi connectivity index (χ3n) is 2.07. The van der Waals surface area contributed by atoms with E-state index in [0.717, 1.165) is 11.1 Å². The molecule has 2 N–H and O–H groups in total. The molecule has 1 aromatic rings. The number of halogens is 1. The molecular formula is C11H16FNO. The first kappa shape index (κ1) is 11.1. The molecule has 0 unspecified atom stereocenters. The first-order valence-corrected chi connectivity index (χ1v) is 4.73. The zero-order chi connectivity index (χ0) is 10.6. The van der Waals surface area contributed by atoms with Crippen LogP contribution in [0, 0.1) is 12.7 Å². The van der Waals surface area contributed by atoms with E-state index in [0.29, 0.717) is 13.1 Å². The highest BCUT2D eigenvalue weighted by atomic mass is 19.1. The predicted molar refractivity (Wildman–Crippen MR) is 54.5 cm³/mol. The molecule has 0 heterocycles. The molecule has 0 amide bonds. The number of aryl methyl sites for hydroxylation is 1. The standard InChI is InChI=1S/C11H16FNO/c1-8-3-4-11(12)5-10(8)7-13-6-9(2)14/h3-5,9,13-14H,6-7H2,1-2H3/t9-/m1/s1. The molecule has 0 fully saturated rings. The van der Waals surface area contributed by atoms with Crippen LogP contribution in [0.3, 0.4) is 0 Å². The number of rotatable bonds is 4. The molecule has 0 aliphatic heterocycles. The fourth-order valence-electron chi connectivity index (χ4n) is 1.25. The van der Waals surface area contributed by atoms with Crippen molar-refractivity contribution in [3.05, 3.63) is 35.1 Å². The molecule has 78 valence electrons. The summed E-state index contributed by atoms with van der Waals surface area (Å²) in [4.78, 5) is 0. The van der Waals surface area contributed by atoms with E-state index in [-0.39, 0.29) is 11.9 Å². The van der Waals surface area contributed by atoms with E-state index in [1.54, 1.807) is 13.0 Å². The van der Waals surface area contributed by atoms with Gasteiger partial charge in [0.1, 0.15) is 5.82 Å². The summed E-state index contributed by atoms with van der Waals surface area (Å²) >= 11 is 0. The highest BCUT2D eigenvalue weighted by Crippen LogP contribution is 2.09. The quantitative estimate of drug-likeness (QED) is 0.768. The predicted octanol–water partition coefficient (Wildman–Crippen LogP) is 1.60. The SMILES string of the molecule is Cc1ccc(F)cc1CNC[C@@H](C)O. The fourth-order valence-corrected chi connectivity index (χ4v) is 1.25. The van der Waals surface area contributed by atoms with Crippen LogP contribution in [0.1, 0.15) is 18.1 Å². The molecule has 0 spiro atoms. The van der Waals surface area contributed by atoms with Gasteiger partial charge in [-0.2, -0.15) is 0 Å². The van der Waals surface area contributed by atoms with Gasteiger partial charge in [0.2, 0.25) is 0 Å². The summed E-state index contributed by atoms with van der Waals surface area (Å²) < 4.78 is 12.9. The van der Waals surface area contributed by atoms with Crippen molar-refractivity contribution in [1.82, 2.24) is 5.32 Å². The molecule has 0 bridgehead atoms. The minimum absolute atomic E-state index is 0.218. The zero-order valence-corrected chi connectivity index (χ0v) is 8.55. The van der Waals surface area contributed by atoms with Crippen molar-refractivity contribution in [2.24, 2.45) is 0 Å². The van der Waals surface area contributed by atoms with E-state index in [9.17, 15) is 4.39 Å². The van der Waals surface area contributed by atoms with Crippen LogP contribution >= 0.6 is 0 Å². The van der Waals surface area contributed by atoms with Crippen molar-refractivity contribution >= 4 is 0 Å². The summed E-state index contributed by atoms with van der Waals surface area (Å²) in [6, 6.07) is 4.73. The number of hydrogen-bond donors (Lipinski definition) is 2. The van der Waals surface area contributed by atoms with Crippen LogP contribution in [0.25, 0.3) is 0 Å². The van der Waals surface area contributed by atoms with Crippen LogP contribution in [0.5, 0.6) is 0 Å². The van der Waals surface area contributed by atoms with Crippen LogP contribution < -0.4 is 5.32 Å². The molecule has 0 aliphatic carbocycles. The van der Waals surface area contributed by atoms with Gasteiger partial charge in [0, 0.05) is 13.1 Å². The van der Waals surface area contributed by atoms with Crippen molar-refractivity contribution in [3.63, 3.8) is 0 Å². The normalized spacial score (nSPS) is 12.9. The lowest BCUT2D eigenvalue weighted by Gasteiger charge is -2.09. The molecule has 0 aliphatic rings. The first-order chi connectivity index (χ1) is 6.59. The van der Waals surface area contributed by atoms with E-state index in [1.165, 1.54) is 12.1 Å². The number of nitrogens with one attached hydrogen (secondary N) is 1. The van der Waals surface area contributed by atoms with Crippen molar-refractivity contribution in [2.45, 2.75) is 26.5 Å². The summed E-state index contributed by atoms with van der Waals surface area (Å²) in [7, 11) is 0. The average Bonchev–Trinajstić information content (AvgIpc) is 2.10. The lowest BCUT2D eigenvalue weighted by atomic mass is 10.1. The Kier molecular flexibility index (Phi) is 4.04. The lowest BCUT2D eigenvalue weighted by Crippen LogP contribution is -2.24. The van der Waals surface area contributed by atoms with Gasteiger partial charge < -0.3 is 10.4 Å². The van der Waals surface area contributed by atoms with Crippen LogP contribution in [0.4, 0.5) is 4.39 Å². The van der Waals surface area contributed by atoms with Crippen LogP contribution in [-0.4, -0.2) is 17.8 Å². The summed E-state index contributed by atoms with van der Waals surface area (Å²) in [5.41, 5.74) is 2.00. The van der Waals surface area contributed by atoms with Gasteiger partial charge in [-0.3, -0.25) is 0 Å². The van der Waals surface area contributed by atoms with Gasteiger partial charge in [0.05, 0.1) is 6.10 Å². The third kappa shape index (κ3) is 3.44.